The summed E-state index contributed by atoms with van der Waals surface area (Å²) < 4.78 is 0. The molecule has 2 radical (unpaired) electrons. The van der Waals surface area contributed by atoms with E-state index < -0.39 is 0 Å². The summed E-state index contributed by atoms with van der Waals surface area (Å²) in [6.07, 6.45) is 0. The minimum absolute atomic E-state index is 0. The van der Waals surface area contributed by atoms with Crippen LogP contribution in [0.15, 0.2) is 0 Å². The van der Waals surface area contributed by atoms with Gasteiger partial charge in [-0.3, -0.25) is 0 Å². The van der Waals surface area contributed by atoms with Gasteiger partial charge in [0.25, 0.3) is 0 Å². The van der Waals surface area contributed by atoms with E-state index in [0.717, 1.165) is 0 Å². The summed E-state index contributed by atoms with van der Waals surface area (Å²) in [5, 5.41) is 0. The van der Waals surface area contributed by atoms with Crippen LogP contribution in [0.1, 0.15) is 0 Å². The largest absolute Gasteiger partial charge is 0 e. The summed E-state index contributed by atoms with van der Waals surface area (Å²) in [5.74, 6) is 0. The second-order valence-electron chi connectivity index (χ2n) is 0. The minimum atomic E-state index is 0. The van der Waals surface area contributed by atoms with Crippen molar-refractivity contribution in [2.24, 2.45) is 0 Å². The SMILES string of the molecule is [Cu].[Fe].[Na].[Ni]. The molecule has 0 aliphatic rings. The Bertz CT molecular complexity index is 8.00. The maximum absolute atomic E-state index is 0. The van der Waals surface area contributed by atoms with Crippen LogP contribution in [0.25, 0.3) is 0 Å². The first-order chi connectivity index (χ1) is 0. The molecular formula is CuFeNaNi. The summed E-state index contributed by atoms with van der Waals surface area (Å²) in [6.45, 7) is 0. The molecule has 0 amide bonds. The maximum Gasteiger partial charge on any atom is 0 e. The van der Waals surface area contributed by atoms with Crippen LogP contribution in [-0.2, 0) is 50.6 Å². The average molecular weight is 201 g/mol. The van der Waals surface area contributed by atoms with Crippen molar-refractivity contribution in [1.29, 1.82) is 0 Å². The zero-order valence-corrected chi connectivity index (χ0v) is 7.00. The first kappa shape index (κ1) is 31.2. The van der Waals surface area contributed by atoms with Crippen LogP contribution in [0.4, 0.5) is 0 Å². The molecule has 0 saturated heterocycles. The summed E-state index contributed by atoms with van der Waals surface area (Å²) in [4.78, 5) is 0. The second kappa shape index (κ2) is 17.7. The predicted octanol–water partition coefficient (Wildman–Crippen LogP) is -0.388. The Balaban J connectivity index is 0. The Hall–Kier alpha value is 2.53. The molecule has 0 N–H and O–H groups in total. The molecule has 0 aliphatic carbocycles. The molecule has 0 aromatic carbocycles. The van der Waals surface area contributed by atoms with Crippen LogP contribution < -0.4 is 0 Å². The third-order valence-electron chi connectivity index (χ3n) is 0. The first-order valence-corrected chi connectivity index (χ1v) is 0. The molecule has 0 unspecified atom stereocenters. The summed E-state index contributed by atoms with van der Waals surface area (Å²) in [6, 6.07) is 0. The van der Waals surface area contributed by atoms with Gasteiger partial charge in [-0.15, -0.1) is 0 Å². The summed E-state index contributed by atoms with van der Waals surface area (Å²) >= 11 is 0. The molecule has 4 heavy (non-hydrogen) atoms. The van der Waals surface area contributed by atoms with Gasteiger partial charge in [-0.2, -0.15) is 0 Å². The predicted molar refractivity (Wildman–Crippen MR) is 5.75 cm³/mol. The number of hydrogen-bond acceptors (Lipinski definition) is 0. The zero-order valence-electron chi connectivity index (χ0n) is 1.97. The Morgan fingerprint density at radius 1 is 1.00 bits per heavy atom. The quantitative estimate of drug-likeness (QED) is 0.468. The van der Waals surface area contributed by atoms with Crippen LogP contribution in [0.3, 0.4) is 0 Å². The first-order valence-electron chi connectivity index (χ1n) is 0. The van der Waals surface area contributed by atoms with Crippen molar-refractivity contribution < 1.29 is 50.6 Å². The molecule has 0 spiro atoms. The molecule has 0 saturated carbocycles. The van der Waals surface area contributed by atoms with Gasteiger partial charge in [0.15, 0.2) is 0 Å². The maximum atomic E-state index is 0. The third kappa shape index (κ3) is 8.82. The van der Waals surface area contributed by atoms with E-state index in [9.17, 15) is 0 Å². The zero-order chi connectivity index (χ0) is 0. The summed E-state index contributed by atoms with van der Waals surface area (Å²) in [5.41, 5.74) is 0. The van der Waals surface area contributed by atoms with Crippen LogP contribution in [-0.4, -0.2) is 29.6 Å². The third-order valence-corrected chi connectivity index (χ3v) is 0. The van der Waals surface area contributed by atoms with Crippen molar-refractivity contribution >= 4 is 29.6 Å². The Morgan fingerprint density at radius 3 is 1.00 bits per heavy atom. The molecule has 0 aliphatic heterocycles. The van der Waals surface area contributed by atoms with E-state index in [2.05, 4.69) is 0 Å². The fraction of sp³-hybridized carbons (Fsp3) is 0. The fourth-order valence-corrected chi connectivity index (χ4v) is 0. The Kier molecular flexibility index (Phi) is 138. The molecule has 0 fully saturated rings. The van der Waals surface area contributed by atoms with E-state index in [1.165, 1.54) is 0 Å². The van der Waals surface area contributed by atoms with Gasteiger partial charge in [-0.25, -0.2) is 0 Å². The molecule has 0 nitrogen and oxygen atoms in total. The fourth-order valence-electron chi connectivity index (χ4n) is 0. The van der Waals surface area contributed by atoms with Crippen LogP contribution >= 0.6 is 0 Å². The molecule has 0 atom stereocenters. The van der Waals surface area contributed by atoms with Crippen LogP contribution in [0, 0.1) is 0 Å². The average Bonchev–Trinajstić information content (AvgIpc) is 0. The van der Waals surface area contributed by atoms with Gasteiger partial charge in [0.05, 0.1) is 0 Å². The Labute approximate surface area is 79.0 Å². The molecule has 0 rings (SSSR count). The normalized spacial score (nSPS) is 0. The van der Waals surface area contributed by atoms with Crippen molar-refractivity contribution in [1.82, 2.24) is 0 Å². The molecule has 0 bridgehead atoms. The monoisotopic (exact) mass is 200 g/mol. The van der Waals surface area contributed by atoms with Crippen LogP contribution in [0.5, 0.6) is 0 Å². The molecule has 30 valence electrons. The second-order valence-corrected chi connectivity index (χ2v) is 0. The topological polar surface area (TPSA) is 0 Å². The van der Waals surface area contributed by atoms with E-state index in [-0.39, 0.29) is 80.2 Å². The van der Waals surface area contributed by atoms with E-state index in [1.807, 2.05) is 0 Å². The number of hydrogen-bond donors (Lipinski definition) is 0. The molecule has 4 heteroatoms. The molecule has 0 aromatic heterocycles. The van der Waals surface area contributed by atoms with Gasteiger partial charge in [0, 0.05) is 80.2 Å². The van der Waals surface area contributed by atoms with E-state index >= 15 is 0 Å². The van der Waals surface area contributed by atoms with E-state index in [4.69, 9.17) is 0 Å². The van der Waals surface area contributed by atoms with Crippen molar-refractivity contribution in [2.75, 3.05) is 0 Å². The van der Waals surface area contributed by atoms with Crippen LogP contribution in [0.2, 0.25) is 0 Å². The van der Waals surface area contributed by atoms with Gasteiger partial charge in [0.2, 0.25) is 0 Å². The molecule has 0 heterocycles. The number of rotatable bonds is 0. The minimum Gasteiger partial charge on any atom is 0 e. The van der Waals surface area contributed by atoms with Gasteiger partial charge >= 0.3 is 0 Å². The van der Waals surface area contributed by atoms with Crippen molar-refractivity contribution in [2.45, 2.75) is 0 Å². The van der Waals surface area contributed by atoms with Crippen molar-refractivity contribution in [3.63, 3.8) is 0 Å². The standard InChI is InChI=1S/Cu.Fe.Na.Ni. The van der Waals surface area contributed by atoms with Gasteiger partial charge in [-0.05, 0) is 0 Å². The van der Waals surface area contributed by atoms with Gasteiger partial charge in [-0.1, -0.05) is 0 Å². The molecule has 0 aromatic rings. The Morgan fingerprint density at radius 2 is 1.00 bits per heavy atom. The summed E-state index contributed by atoms with van der Waals surface area (Å²) in [7, 11) is 0. The van der Waals surface area contributed by atoms with E-state index in [1.54, 1.807) is 0 Å². The molecular weight excluding hydrogens is 201 g/mol. The van der Waals surface area contributed by atoms with Gasteiger partial charge in [0.1, 0.15) is 0 Å². The van der Waals surface area contributed by atoms with Crippen molar-refractivity contribution in [3.8, 4) is 0 Å². The smallest absolute Gasteiger partial charge is 0 e. The van der Waals surface area contributed by atoms with E-state index in [0.29, 0.717) is 0 Å². The van der Waals surface area contributed by atoms with Gasteiger partial charge < -0.3 is 0 Å². The van der Waals surface area contributed by atoms with Crippen molar-refractivity contribution in [3.05, 3.63) is 0 Å².